The van der Waals surface area contributed by atoms with Crippen molar-refractivity contribution in [1.29, 1.82) is 0 Å². The first-order valence-corrected chi connectivity index (χ1v) is 11.3. The van der Waals surface area contributed by atoms with Crippen molar-refractivity contribution in [3.8, 4) is 0 Å². The standard InChI is InChI=1S/C28H25BrO2/c1-3-27(2,29)26(30)31-28(22-15-6-4-7-16-22,23-17-8-5-9-18-23)25-20-12-14-21-13-10-11-19-24(21)25/h4-20H,3H2,1-2H3. The highest BCUT2D eigenvalue weighted by molar-refractivity contribution is 9.10. The second kappa shape index (κ2) is 8.68. The molecule has 31 heavy (non-hydrogen) atoms. The van der Waals surface area contributed by atoms with E-state index in [2.05, 4.69) is 40.2 Å². The average Bonchev–Trinajstić information content (AvgIpc) is 2.83. The van der Waals surface area contributed by atoms with Gasteiger partial charge in [0.1, 0.15) is 4.32 Å². The van der Waals surface area contributed by atoms with Crippen LogP contribution in [0.25, 0.3) is 10.8 Å². The molecule has 156 valence electrons. The van der Waals surface area contributed by atoms with E-state index in [1.165, 1.54) is 0 Å². The monoisotopic (exact) mass is 472 g/mol. The van der Waals surface area contributed by atoms with Crippen molar-refractivity contribution >= 4 is 32.7 Å². The van der Waals surface area contributed by atoms with Crippen LogP contribution in [-0.4, -0.2) is 10.3 Å². The number of hydrogen-bond donors (Lipinski definition) is 0. The third kappa shape index (κ3) is 3.90. The van der Waals surface area contributed by atoms with Gasteiger partial charge >= 0.3 is 5.97 Å². The Morgan fingerprint density at radius 1 is 0.774 bits per heavy atom. The molecule has 1 unspecified atom stereocenters. The van der Waals surface area contributed by atoms with Crippen LogP contribution in [0, 0.1) is 0 Å². The van der Waals surface area contributed by atoms with Crippen LogP contribution in [0.3, 0.4) is 0 Å². The summed E-state index contributed by atoms with van der Waals surface area (Å²) in [6.45, 7) is 3.83. The molecular weight excluding hydrogens is 448 g/mol. The quantitative estimate of drug-likeness (QED) is 0.168. The maximum Gasteiger partial charge on any atom is 0.324 e. The molecule has 4 aromatic carbocycles. The summed E-state index contributed by atoms with van der Waals surface area (Å²) in [5.41, 5.74) is 1.66. The zero-order valence-corrected chi connectivity index (χ0v) is 19.3. The molecule has 1 atom stereocenters. The zero-order chi connectivity index (χ0) is 21.9. The highest BCUT2D eigenvalue weighted by atomic mass is 79.9. The van der Waals surface area contributed by atoms with E-state index in [4.69, 9.17) is 4.74 Å². The predicted octanol–water partition coefficient (Wildman–Crippen LogP) is 7.24. The van der Waals surface area contributed by atoms with Crippen molar-refractivity contribution in [2.45, 2.75) is 30.2 Å². The molecule has 2 nitrogen and oxygen atoms in total. The van der Waals surface area contributed by atoms with Gasteiger partial charge in [-0.3, -0.25) is 4.79 Å². The lowest BCUT2D eigenvalue weighted by atomic mass is 9.78. The van der Waals surface area contributed by atoms with Crippen molar-refractivity contribution in [2.24, 2.45) is 0 Å². The second-order valence-electron chi connectivity index (χ2n) is 7.88. The van der Waals surface area contributed by atoms with Gasteiger partial charge in [0.2, 0.25) is 0 Å². The Morgan fingerprint density at radius 2 is 1.29 bits per heavy atom. The highest BCUT2D eigenvalue weighted by Gasteiger charge is 2.44. The summed E-state index contributed by atoms with van der Waals surface area (Å²) in [6.07, 6.45) is 0.612. The van der Waals surface area contributed by atoms with Crippen molar-refractivity contribution in [3.63, 3.8) is 0 Å². The van der Waals surface area contributed by atoms with Gasteiger partial charge in [-0.1, -0.05) is 126 Å². The molecule has 0 aromatic heterocycles. The highest BCUT2D eigenvalue weighted by Crippen LogP contribution is 2.44. The number of carbonyl (C=O) groups excluding carboxylic acids is 1. The maximum atomic E-state index is 13.5. The predicted molar refractivity (Wildman–Crippen MR) is 130 cm³/mol. The van der Waals surface area contributed by atoms with Gasteiger partial charge in [-0.05, 0) is 24.1 Å². The number of fused-ring (bicyclic) bond motifs is 1. The minimum atomic E-state index is -1.09. The number of esters is 1. The number of rotatable bonds is 6. The number of carbonyl (C=O) groups is 1. The molecule has 0 aliphatic rings. The van der Waals surface area contributed by atoms with Gasteiger partial charge < -0.3 is 4.74 Å². The summed E-state index contributed by atoms with van der Waals surface area (Å²) in [5.74, 6) is -0.296. The van der Waals surface area contributed by atoms with Gasteiger partial charge in [0.15, 0.2) is 5.60 Å². The van der Waals surface area contributed by atoms with E-state index in [9.17, 15) is 4.79 Å². The third-order valence-electron chi connectivity index (χ3n) is 5.86. The second-order valence-corrected chi connectivity index (χ2v) is 9.63. The van der Waals surface area contributed by atoms with Gasteiger partial charge in [0.25, 0.3) is 0 Å². The zero-order valence-electron chi connectivity index (χ0n) is 17.7. The fourth-order valence-corrected chi connectivity index (χ4v) is 4.00. The van der Waals surface area contributed by atoms with Crippen LogP contribution in [0.4, 0.5) is 0 Å². The largest absolute Gasteiger partial charge is 0.443 e. The van der Waals surface area contributed by atoms with Crippen LogP contribution in [-0.2, 0) is 15.1 Å². The van der Waals surface area contributed by atoms with Gasteiger partial charge in [0, 0.05) is 16.7 Å². The van der Waals surface area contributed by atoms with Crippen LogP contribution in [0.5, 0.6) is 0 Å². The topological polar surface area (TPSA) is 26.3 Å². The molecule has 4 aromatic rings. The number of hydrogen-bond acceptors (Lipinski definition) is 2. The number of ether oxygens (including phenoxy) is 1. The molecular formula is C28H25BrO2. The Balaban J connectivity index is 2.09. The fourth-order valence-electron chi connectivity index (χ4n) is 3.92. The number of alkyl halides is 1. The maximum absolute atomic E-state index is 13.5. The molecule has 0 amide bonds. The summed E-state index contributed by atoms with van der Waals surface area (Å²) in [6, 6.07) is 34.4. The molecule has 0 aliphatic heterocycles. The molecule has 0 radical (unpaired) electrons. The van der Waals surface area contributed by atoms with E-state index in [0.717, 1.165) is 27.5 Å². The molecule has 0 fully saturated rings. The summed E-state index contributed by atoms with van der Waals surface area (Å²) < 4.78 is 5.79. The van der Waals surface area contributed by atoms with Crippen LogP contribution in [0.2, 0.25) is 0 Å². The molecule has 4 rings (SSSR count). The van der Waals surface area contributed by atoms with Gasteiger partial charge in [-0.15, -0.1) is 0 Å². The molecule has 0 saturated heterocycles. The van der Waals surface area contributed by atoms with E-state index < -0.39 is 9.93 Å². The van der Waals surface area contributed by atoms with Crippen molar-refractivity contribution in [3.05, 3.63) is 120 Å². The molecule has 0 aliphatic carbocycles. The smallest absolute Gasteiger partial charge is 0.324 e. The van der Waals surface area contributed by atoms with Crippen LogP contribution in [0.15, 0.2) is 103 Å². The van der Waals surface area contributed by atoms with Gasteiger partial charge in [-0.2, -0.15) is 0 Å². The fraction of sp³-hybridized carbons (Fsp3) is 0.179. The van der Waals surface area contributed by atoms with Gasteiger partial charge in [0.05, 0.1) is 0 Å². The Labute approximate surface area is 192 Å². The Kier molecular flexibility index (Phi) is 5.97. The summed E-state index contributed by atoms with van der Waals surface area (Å²) in [5, 5.41) is 2.16. The van der Waals surface area contributed by atoms with Crippen molar-refractivity contribution in [1.82, 2.24) is 0 Å². The van der Waals surface area contributed by atoms with Crippen molar-refractivity contribution < 1.29 is 9.53 Å². The molecule has 0 N–H and O–H groups in total. The SMILES string of the molecule is CCC(C)(Br)C(=O)OC(c1ccccc1)(c1ccccc1)c1cccc2ccccc12. The number of halogens is 1. The molecule has 0 spiro atoms. The first-order chi connectivity index (χ1) is 15.0. The van der Waals surface area contributed by atoms with E-state index in [1.807, 2.05) is 92.7 Å². The first kappa shape index (κ1) is 21.3. The summed E-state index contributed by atoms with van der Waals surface area (Å²) in [7, 11) is 0. The summed E-state index contributed by atoms with van der Waals surface area (Å²) >= 11 is 3.59. The molecule has 0 bridgehead atoms. The molecule has 3 heteroatoms. The van der Waals surface area contributed by atoms with Crippen LogP contribution < -0.4 is 0 Å². The Hall–Kier alpha value is -2.91. The van der Waals surface area contributed by atoms with E-state index in [1.54, 1.807) is 0 Å². The molecule has 0 saturated carbocycles. The normalized spacial score (nSPS) is 13.5. The van der Waals surface area contributed by atoms with Crippen LogP contribution >= 0.6 is 15.9 Å². The van der Waals surface area contributed by atoms with E-state index >= 15 is 0 Å². The van der Waals surface area contributed by atoms with Crippen molar-refractivity contribution in [2.75, 3.05) is 0 Å². The lowest BCUT2D eigenvalue weighted by Crippen LogP contribution is -2.41. The van der Waals surface area contributed by atoms with Crippen LogP contribution in [0.1, 0.15) is 37.0 Å². The minimum Gasteiger partial charge on any atom is -0.443 e. The third-order valence-corrected chi connectivity index (χ3v) is 6.75. The van der Waals surface area contributed by atoms with E-state index in [-0.39, 0.29) is 5.97 Å². The first-order valence-electron chi connectivity index (χ1n) is 10.5. The minimum absolute atomic E-state index is 0.296. The lowest BCUT2D eigenvalue weighted by Gasteiger charge is -2.38. The lowest BCUT2D eigenvalue weighted by molar-refractivity contribution is -0.155. The summed E-state index contributed by atoms with van der Waals surface area (Å²) in [4.78, 5) is 13.5. The molecule has 0 heterocycles. The average molecular weight is 473 g/mol. The van der Waals surface area contributed by atoms with Gasteiger partial charge in [-0.25, -0.2) is 0 Å². The Bertz CT molecular complexity index is 1140. The Morgan fingerprint density at radius 3 is 1.87 bits per heavy atom. The number of benzene rings is 4. The van der Waals surface area contributed by atoms with E-state index in [0.29, 0.717) is 6.42 Å².